The van der Waals surface area contributed by atoms with Crippen LogP contribution in [0.1, 0.15) is 12.5 Å². The largest absolute Gasteiger partial charge is 0.337 e. The third-order valence-corrected chi connectivity index (χ3v) is 3.66. The van der Waals surface area contributed by atoms with Crippen LogP contribution in [0.15, 0.2) is 18.2 Å². The molecule has 2 N–H and O–H groups in total. The van der Waals surface area contributed by atoms with Crippen LogP contribution in [0.2, 0.25) is 5.02 Å². The van der Waals surface area contributed by atoms with E-state index in [9.17, 15) is 0 Å². The minimum absolute atomic E-state index is 0.458. The van der Waals surface area contributed by atoms with Crippen molar-refractivity contribution in [2.45, 2.75) is 19.9 Å². The number of nitrogens with one attached hydrogen (secondary N) is 2. The molecule has 0 spiro atoms. The highest BCUT2D eigenvalue weighted by Gasteiger charge is 2.19. The van der Waals surface area contributed by atoms with Crippen LogP contribution < -0.4 is 10.2 Å². The summed E-state index contributed by atoms with van der Waals surface area (Å²) in [4.78, 5) is 6.79. The summed E-state index contributed by atoms with van der Waals surface area (Å²) < 4.78 is 0. The van der Waals surface area contributed by atoms with Crippen molar-refractivity contribution in [2.75, 3.05) is 24.5 Å². The summed E-state index contributed by atoms with van der Waals surface area (Å²) in [5.74, 6) is 1.52. The predicted octanol–water partition coefficient (Wildman–Crippen LogP) is 2.23. The number of nitrogens with zero attached hydrogens (tertiary/aromatic N) is 3. The van der Waals surface area contributed by atoms with Gasteiger partial charge in [-0.15, -0.1) is 5.10 Å². The molecular formula is C14H18ClN5. The van der Waals surface area contributed by atoms with Gasteiger partial charge in [-0.2, -0.15) is 4.98 Å². The fourth-order valence-electron chi connectivity index (χ4n) is 2.51. The first-order valence-corrected chi connectivity index (χ1v) is 7.18. The molecule has 2 aromatic rings. The Bertz CT molecular complexity index is 589. The Morgan fingerprint density at radius 2 is 2.20 bits per heavy atom. The standard InChI is InChI=1S/C14H18ClN5/c1-9-5-11(7-12(15)6-9)13-17-14(19-18-13)20-4-3-16-10(2)8-20/h5-7,10,16H,3-4,8H2,1-2H3,(H,17,18,19)/t10-/m0/s1. The highest BCUT2D eigenvalue weighted by Crippen LogP contribution is 2.23. The van der Waals surface area contributed by atoms with Crippen molar-refractivity contribution in [1.82, 2.24) is 20.5 Å². The van der Waals surface area contributed by atoms with E-state index >= 15 is 0 Å². The zero-order chi connectivity index (χ0) is 14.1. The van der Waals surface area contributed by atoms with Gasteiger partial charge in [-0.1, -0.05) is 11.6 Å². The second-order valence-electron chi connectivity index (χ2n) is 5.30. The van der Waals surface area contributed by atoms with Gasteiger partial charge in [-0.25, -0.2) is 0 Å². The van der Waals surface area contributed by atoms with Crippen molar-refractivity contribution in [3.05, 3.63) is 28.8 Å². The van der Waals surface area contributed by atoms with Crippen LogP contribution in [-0.2, 0) is 0 Å². The maximum absolute atomic E-state index is 6.09. The molecule has 20 heavy (non-hydrogen) atoms. The third kappa shape index (κ3) is 2.78. The first-order chi connectivity index (χ1) is 9.61. The highest BCUT2D eigenvalue weighted by atomic mass is 35.5. The average Bonchev–Trinajstić information content (AvgIpc) is 2.87. The third-order valence-electron chi connectivity index (χ3n) is 3.44. The maximum atomic E-state index is 6.09. The summed E-state index contributed by atoms with van der Waals surface area (Å²) >= 11 is 6.09. The van der Waals surface area contributed by atoms with Gasteiger partial charge in [0.15, 0.2) is 5.82 Å². The highest BCUT2D eigenvalue weighted by molar-refractivity contribution is 6.30. The van der Waals surface area contributed by atoms with E-state index in [1.165, 1.54) is 0 Å². The van der Waals surface area contributed by atoms with Gasteiger partial charge in [-0.05, 0) is 37.6 Å². The Morgan fingerprint density at radius 3 is 2.95 bits per heavy atom. The summed E-state index contributed by atoms with van der Waals surface area (Å²) in [5, 5.41) is 11.5. The van der Waals surface area contributed by atoms with Crippen LogP contribution in [0.4, 0.5) is 5.95 Å². The molecular weight excluding hydrogens is 274 g/mol. The molecule has 106 valence electrons. The summed E-state index contributed by atoms with van der Waals surface area (Å²) in [7, 11) is 0. The Labute approximate surface area is 123 Å². The van der Waals surface area contributed by atoms with Crippen LogP contribution in [0.25, 0.3) is 11.4 Å². The van der Waals surface area contributed by atoms with Gasteiger partial charge in [-0.3, -0.25) is 5.10 Å². The molecule has 1 aromatic carbocycles. The molecule has 0 saturated carbocycles. The summed E-state index contributed by atoms with van der Waals surface area (Å²) in [6, 6.07) is 6.34. The van der Waals surface area contributed by atoms with Crippen LogP contribution in [0, 0.1) is 6.92 Å². The van der Waals surface area contributed by atoms with Crippen molar-refractivity contribution in [2.24, 2.45) is 0 Å². The summed E-state index contributed by atoms with van der Waals surface area (Å²) in [6.45, 7) is 6.99. The van der Waals surface area contributed by atoms with Crippen molar-refractivity contribution >= 4 is 17.5 Å². The Kier molecular flexibility index (Phi) is 3.63. The number of rotatable bonds is 2. The zero-order valence-electron chi connectivity index (χ0n) is 11.7. The normalized spacial score (nSPS) is 19.4. The number of anilines is 1. The lowest BCUT2D eigenvalue weighted by Gasteiger charge is -2.30. The summed E-state index contributed by atoms with van der Waals surface area (Å²) in [5.41, 5.74) is 2.08. The van der Waals surface area contributed by atoms with Gasteiger partial charge in [0, 0.05) is 36.3 Å². The monoisotopic (exact) mass is 291 g/mol. The molecule has 1 aliphatic heterocycles. The Balaban J connectivity index is 1.86. The van der Waals surface area contributed by atoms with Gasteiger partial charge in [0.2, 0.25) is 5.95 Å². The van der Waals surface area contributed by atoms with Gasteiger partial charge in [0.1, 0.15) is 0 Å². The van der Waals surface area contributed by atoms with Crippen LogP contribution in [-0.4, -0.2) is 40.9 Å². The minimum Gasteiger partial charge on any atom is -0.337 e. The van der Waals surface area contributed by atoms with Gasteiger partial charge >= 0.3 is 0 Å². The topological polar surface area (TPSA) is 56.8 Å². The SMILES string of the molecule is Cc1cc(Cl)cc(-c2nc(N3CCN[C@@H](C)C3)n[nH]2)c1. The molecule has 1 fully saturated rings. The number of aromatic amines is 1. The number of halogens is 1. The molecule has 0 radical (unpaired) electrons. The average molecular weight is 292 g/mol. The number of aryl methyl sites for hydroxylation is 1. The molecule has 0 aliphatic carbocycles. The van der Waals surface area contributed by atoms with E-state index in [1.807, 2.05) is 19.1 Å². The van der Waals surface area contributed by atoms with E-state index in [4.69, 9.17) is 11.6 Å². The van der Waals surface area contributed by atoms with Crippen LogP contribution in [0.3, 0.4) is 0 Å². The van der Waals surface area contributed by atoms with Gasteiger partial charge < -0.3 is 10.2 Å². The van der Waals surface area contributed by atoms with Crippen molar-refractivity contribution in [3.63, 3.8) is 0 Å². The summed E-state index contributed by atoms with van der Waals surface area (Å²) in [6.07, 6.45) is 0. The van der Waals surface area contributed by atoms with Crippen LogP contribution >= 0.6 is 11.6 Å². The lowest BCUT2D eigenvalue weighted by molar-refractivity contribution is 0.480. The molecule has 0 amide bonds. The molecule has 6 heteroatoms. The van der Waals surface area contributed by atoms with Crippen LogP contribution in [0.5, 0.6) is 0 Å². The molecule has 2 heterocycles. The molecule has 1 saturated heterocycles. The Morgan fingerprint density at radius 1 is 1.35 bits per heavy atom. The Hall–Kier alpha value is -1.59. The maximum Gasteiger partial charge on any atom is 0.245 e. The number of piperazine rings is 1. The first-order valence-electron chi connectivity index (χ1n) is 6.80. The predicted molar refractivity (Wildman–Crippen MR) is 81.2 cm³/mol. The van der Waals surface area contributed by atoms with Crippen molar-refractivity contribution in [3.8, 4) is 11.4 Å². The van der Waals surface area contributed by atoms with E-state index < -0.39 is 0 Å². The quantitative estimate of drug-likeness (QED) is 0.891. The van der Waals surface area contributed by atoms with Crippen molar-refractivity contribution < 1.29 is 0 Å². The lowest BCUT2D eigenvalue weighted by Crippen LogP contribution is -2.49. The molecule has 1 atom stereocenters. The second-order valence-corrected chi connectivity index (χ2v) is 5.74. The number of H-pyrrole nitrogens is 1. The fourth-order valence-corrected chi connectivity index (χ4v) is 2.80. The van der Waals surface area contributed by atoms with E-state index in [2.05, 4.69) is 38.4 Å². The molecule has 0 unspecified atom stereocenters. The van der Waals surface area contributed by atoms with E-state index in [1.54, 1.807) is 0 Å². The lowest BCUT2D eigenvalue weighted by atomic mass is 10.1. The molecule has 1 aromatic heterocycles. The van der Waals surface area contributed by atoms with E-state index in [0.29, 0.717) is 11.1 Å². The minimum atomic E-state index is 0.458. The van der Waals surface area contributed by atoms with Gasteiger partial charge in [0.25, 0.3) is 0 Å². The number of hydrogen-bond donors (Lipinski definition) is 2. The van der Waals surface area contributed by atoms with E-state index in [-0.39, 0.29) is 0 Å². The number of aromatic nitrogens is 3. The first kappa shape index (κ1) is 13.4. The van der Waals surface area contributed by atoms with Gasteiger partial charge in [0.05, 0.1) is 0 Å². The molecule has 5 nitrogen and oxygen atoms in total. The zero-order valence-corrected chi connectivity index (χ0v) is 12.4. The second kappa shape index (κ2) is 5.42. The number of hydrogen-bond acceptors (Lipinski definition) is 4. The number of benzene rings is 1. The smallest absolute Gasteiger partial charge is 0.245 e. The van der Waals surface area contributed by atoms with E-state index in [0.717, 1.165) is 42.5 Å². The molecule has 0 bridgehead atoms. The molecule has 3 rings (SSSR count). The fraction of sp³-hybridized carbons (Fsp3) is 0.429. The van der Waals surface area contributed by atoms with Crippen molar-refractivity contribution in [1.29, 1.82) is 0 Å². The molecule has 1 aliphatic rings.